The molecule has 0 heterocycles. The Morgan fingerprint density at radius 2 is 1.77 bits per heavy atom. The zero-order chi connectivity index (χ0) is 16.1. The monoisotopic (exact) mass is 310 g/mol. The molecule has 0 aliphatic heterocycles. The van der Waals surface area contributed by atoms with Crippen molar-refractivity contribution in [1.29, 1.82) is 0 Å². The number of Topliss-reactive ketones (excluding diaryl/α,β-unsaturated/α-hetero) is 2. The predicted molar refractivity (Wildman–Crippen MR) is 75.8 cm³/mol. The van der Waals surface area contributed by atoms with Gasteiger partial charge in [-0.2, -0.15) is 0 Å². The Bertz CT molecular complexity index is 469. The summed E-state index contributed by atoms with van der Waals surface area (Å²) in [7, 11) is 0. The third kappa shape index (κ3) is 4.39. The smallest absolute Gasteiger partial charge is 0.309 e. The van der Waals surface area contributed by atoms with Crippen LogP contribution in [0.15, 0.2) is 0 Å². The van der Waals surface area contributed by atoms with Crippen molar-refractivity contribution in [2.45, 2.75) is 58.0 Å². The first-order valence-electron chi connectivity index (χ1n) is 7.90. The van der Waals surface area contributed by atoms with Gasteiger partial charge in [-0.1, -0.05) is 0 Å². The molecule has 2 saturated carbocycles. The van der Waals surface area contributed by atoms with Crippen LogP contribution in [0, 0.1) is 11.8 Å². The first-order chi connectivity index (χ1) is 10.5. The molecule has 2 fully saturated rings. The van der Waals surface area contributed by atoms with Crippen LogP contribution in [0.3, 0.4) is 0 Å². The molecule has 0 aromatic heterocycles. The van der Waals surface area contributed by atoms with Gasteiger partial charge in [-0.15, -0.1) is 0 Å². The second kappa shape index (κ2) is 7.51. The minimum atomic E-state index is -0.583. The summed E-state index contributed by atoms with van der Waals surface area (Å²) in [6, 6.07) is 0. The Hall–Kier alpha value is -1.72. The molecule has 0 aromatic carbocycles. The highest BCUT2D eigenvalue weighted by Gasteiger charge is 2.36. The predicted octanol–water partition coefficient (Wildman–Crippen LogP) is 1.59. The van der Waals surface area contributed by atoms with Crippen LogP contribution in [0.25, 0.3) is 0 Å². The van der Waals surface area contributed by atoms with Gasteiger partial charge in [0.2, 0.25) is 0 Å². The molecule has 6 heteroatoms. The summed E-state index contributed by atoms with van der Waals surface area (Å²) in [4.78, 5) is 47.0. The van der Waals surface area contributed by atoms with Crippen LogP contribution in [-0.4, -0.2) is 36.2 Å². The molecule has 2 rings (SSSR count). The van der Waals surface area contributed by atoms with Crippen molar-refractivity contribution in [1.82, 2.24) is 0 Å². The number of hydrogen-bond donors (Lipinski definition) is 0. The molecule has 2 aliphatic carbocycles. The fourth-order valence-corrected chi connectivity index (χ4v) is 3.11. The maximum atomic E-state index is 12.1. The zero-order valence-electron chi connectivity index (χ0n) is 12.8. The molecular formula is C16H22O6. The van der Waals surface area contributed by atoms with Gasteiger partial charge in [-0.3, -0.25) is 19.2 Å². The molecule has 0 N–H and O–H groups in total. The van der Waals surface area contributed by atoms with Gasteiger partial charge in [-0.05, 0) is 26.2 Å². The zero-order valence-corrected chi connectivity index (χ0v) is 12.8. The number of ketones is 2. The van der Waals surface area contributed by atoms with Crippen LogP contribution in [0.1, 0.15) is 51.9 Å². The number of carbonyl (C=O) groups excluding carboxylic acids is 4. The molecule has 122 valence electrons. The van der Waals surface area contributed by atoms with Gasteiger partial charge in [0.05, 0.1) is 18.4 Å². The van der Waals surface area contributed by atoms with E-state index in [0.717, 1.165) is 0 Å². The van der Waals surface area contributed by atoms with E-state index in [4.69, 9.17) is 9.47 Å². The second-order valence-corrected chi connectivity index (χ2v) is 6.02. The van der Waals surface area contributed by atoms with E-state index in [1.807, 2.05) is 0 Å². The quantitative estimate of drug-likeness (QED) is 0.733. The minimum Gasteiger partial charge on any atom is -0.466 e. The number of rotatable bonds is 4. The highest BCUT2D eigenvalue weighted by molar-refractivity contribution is 5.87. The molecule has 0 saturated heterocycles. The van der Waals surface area contributed by atoms with E-state index in [9.17, 15) is 19.2 Å². The van der Waals surface area contributed by atoms with E-state index in [2.05, 4.69) is 0 Å². The van der Waals surface area contributed by atoms with Gasteiger partial charge in [0.15, 0.2) is 0 Å². The van der Waals surface area contributed by atoms with Crippen LogP contribution < -0.4 is 0 Å². The van der Waals surface area contributed by atoms with E-state index in [-0.39, 0.29) is 37.4 Å². The molecule has 0 radical (unpaired) electrons. The molecule has 2 aliphatic rings. The van der Waals surface area contributed by atoms with E-state index in [0.29, 0.717) is 25.7 Å². The Morgan fingerprint density at radius 3 is 2.45 bits per heavy atom. The molecule has 0 aromatic rings. The molecule has 0 amide bonds. The fourth-order valence-electron chi connectivity index (χ4n) is 3.11. The highest BCUT2D eigenvalue weighted by Crippen LogP contribution is 2.28. The summed E-state index contributed by atoms with van der Waals surface area (Å²) in [5.74, 6) is -1.79. The lowest BCUT2D eigenvalue weighted by Gasteiger charge is -2.28. The van der Waals surface area contributed by atoms with Crippen LogP contribution in [-0.2, 0) is 28.7 Å². The van der Waals surface area contributed by atoms with Gasteiger partial charge >= 0.3 is 11.9 Å². The van der Waals surface area contributed by atoms with Crippen molar-refractivity contribution in [2.24, 2.45) is 11.8 Å². The van der Waals surface area contributed by atoms with Crippen molar-refractivity contribution >= 4 is 23.5 Å². The van der Waals surface area contributed by atoms with E-state index < -0.39 is 29.9 Å². The lowest BCUT2D eigenvalue weighted by atomic mass is 9.85. The normalized spacial score (nSPS) is 29.0. The standard InChI is InChI=1S/C16H22O6/c1-2-21-15(19)11-7-13(18)9-14(8-11)22-16(20)10-4-3-5-12(17)6-10/h10-11,14H,2-9H2,1H3/t10?,11?,14-/m1/s1. The minimum absolute atomic E-state index is 0.0809. The summed E-state index contributed by atoms with van der Waals surface area (Å²) in [6.45, 7) is 1.97. The van der Waals surface area contributed by atoms with E-state index >= 15 is 0 Å². The lowest BCUT2D eigenvalue weighted by Crippen LogP contribution is -2.36. The molecule has 22 heavy (non-hydrogen) atoms. The highest BCUT2D eigenvalue weighted by atomic mass is 16.5. The summed E-state index contributed by atoms with van der Waals surface area (Å²) in [5, 5.41) is 0. The van der Waals surface area contributed by atoms with E-state index in [1.165, 1.54) is 0 Å². The molecule has 0 bridgehead atoms. The average molecular weight is 310 g/mol. The van der Waals surface area contributed by atoms with Crippen molar-refractivity contribution in [2.75, 3.05) is 6.61 Å². The summed E-state index contributed by atoms with van der Waals surface area (Å²) < 4.78 is 10.3. The van der Waals surface area contributed by atoms with Crippen molar-refractivity contribution in [3.63, 3.8) is 0 Å². The lowest BCUT2D eigenvalue weighted by molar-refractivity contribution is -0.164. The molecular weight excluding hydrogens is 288 g/mol. The SMILES string of the molecule is CCOC(=O)C1CC(=O)C[C@H](OC(=O)C2CCCC(=O)C2)C1. The Morgan fingerprint density at radius 1 is 1.05 bits per heavy atom. The largest absolute Gasteiger partial charge is 0.466 e. The third-order valence-corrected chi connectivity index (χ3v) is 4.20. The van der Waals surface area contributed by atoms with Crippen LogP contribution in [0.2, 0.25) is 0 Å². The van der Waals surface area contributed by atoms with Gasteiger partial charge in [0.25, 0.3) is 0 Å². The first kappa shape index (κ1) is 16.6. The van der Waals surface area contributed by atoms with Crippen LogP contribution in [0.5, 0.6) is 0 Å². The summed E-state index contributed by atoms with van der Waals surface area (Å²) in [6.07, 6.45) is 2.12. The number of esters is 2. The number of ether oxygens (including phenoxy) is 2. The maximum Gasteiger partial charge on any atom is 0.309 e. The number of carbonyl (C=O) groups is 4. The second-order valence-electron chi connectivity index (χ2n) is 6.02. The average Bonchev–Trinajstić information content (AvgIpc) is 2.47. The van der Waals surface area contributed by atoms with Crippen LogP contribution >= 0.6 is 0 Å². The van der Waals surface area contributed by atoms with E-state index in [1.54, 1.807) is 6.92 Å². The molecule has 2 unspecified atom stereocenters. The molecule has 3 atom stereocenters. The molecule has 0 spiro atoms. The third-order valence-electron chi connectivity index (χ3n) is 4.20. The van der Waals surface area contributed by atoms with Gasteiger partial charge < -0.3 is 9.47 Å². The van der Waals surface area contributed by atoms with Crippen molar-refractivity contribution in [3.05, 3.63) is 0 Å². The Kier molecular flexibility index (Phi) is 5.69. The molecule has 6 nitrogen and oxygen atoms in total. The topological polar surface area (TPSA) is 86.7 Å². The van der Waals surface area contributed by atoms with Crippen molar-refractivity contribution in [3.8, 4) is 0 Å². The summed E-state index contributed by atoms with van der Waals surface area (Å²) >= 11 is 0. The first-order valence-corrected chi connectivity index (χ1v) is 7.90. The maximum absolute atomic E-state index is 12.1. The van der Waals surface area contributed by atoms with Gasteiger partial charge in [0.1, 0.15) is 17.7 Å². The number of hydrogen-bond acceptors (Lipinski definition) is 6. The summed E-state index contributed by atoms with van der Waals surface area (Å²) in [5.41, 5.74) is 0. The Labute approximate surface area is 129 Å². The van der Waals surface area contributed by atoms with Crippen LogP contribution in [0.4, 0.5) is 0 Å². The van der Waals surface area contributed by atoms with Crippen molar-refractivity contribution < 1.29 is 28.7 Å². The van der Waals surface area contributed by atoms with Gasteiger partial charge in [0, 0.05) is 25.7 Å². The fraction of sp³-hybridized carbons (Fsp3) is 0.750. The Balaban J connectivity index is 1.90. The van der Waals surface area contributed by atoms with Gasteiger partial charge in [-0.25, -0.2) is 0 Å².